The number of nitrogens with zero attached hydrogens (tertiary/aromatic N) is 1. The Morgan fingerprint density at radius 2 is 2.05 bits per heavy atom. The van der Waals surface area contributed by atoms with Gasteiger partial charge in [0.2, 0.25) is 0 Å². The van der Waals surface area contributed by atoms with Gasteiger partial charge in [0.25, 0.3) is 5.91 Å². The number of benzene rings is 1. The maximum absolute atomic E-state index is 13.1. The molecule has 0 radical (unpaired) electrons. The summed E-state index contributed by atoms with van der Waals surface area (Å²) in [6.07, 6.45) is 1.64. The highest BCUT2D eigenvalue weighted by Crippen LogP contribution is 2.22. The van der Waals surface area contributed by atoms with Gasteiger partial charge in [0.05, 0.1) is 12.2 Å². The highest BCUT2D eigenvalue weighted by atomic mass is 79.9. The topological polar surface area (TPSA) is 40.5 Å². The molecule has 0 saturated heterocycles. The summed E-state index contributed by atoms with van der Waals surface area (Å²) < 4.78 is 13.5. The Labute approximate surface area is 121 Å². The monoisotopic (exact) mass is 331 g/mol. The molecule has 0 aromatic heterocycles. The lowest BCUT2D eigenvalue weighted by atomic mass is 10.1. The average molecular weight is 332 g/mol. The second kappa shape index (κ2) is 7.60. The quantitative estimate of drug-likeness (QED) is 0.869. The third kappa shape index (κ3) is 4.01. The van der Waals surface area contributed by atoms with Gasteiger partial charge in [-0.2, -0.15) is 0 Å². The van der Waals surface area contributed by atoms with Crippen LogP contribution in [0.5, 0.6) is 0 Å². The molecule has 1 aromatic rings. The molecule has 1 rings (SSSR count). The van der Waals surface area contributed by atoms with Gasteiger partial charge < -0.3 is 10.0 Å². The fourth-order valence-corrected chi connectivity index (χ4v) is 2.63. The van der Waals surface area contributed by atoms with Crippen molar-refractivity contribution in [3.63, 3.8) is 0 Å². The molecule has 1 amide bonds. The Balaban J connectivity index is 3.04. The van der Waals surface area contributed by atoms with Crippen molar-refractivity contribution in [3.8, 4) is 0 Å². The van der Waals surface area contributed by atoms with Crippen LogP contribution in [0.25, 0.3) is 0 Å². The van der Waals surface area contributed by atoms with E-state index >= 15 is 0 Å². The van der Waals surface area contributed by atoms with Crippen molar-refractivity contribution >= 4 is 21.8 Å². The minimum absolute atomic E-state index is 0.0802. The Morgan fingerprint density at radius 1 is 1.42 bits per heavy atom. The van der Waals surface area contributed by atoms with E-state index in [9.17, 15) is 9.18 Å². The molecule has 3 nitrogen and oxygen atoms in total. The third-order valence-electron chi connectivity index (χ3n) is 3.15. The summed E-state index contributed by atoms with van der Waals surface area (Å²) in [5.41, 5.74) is 0.418. The molecule has 0 saturated carbocycles. The van der Waals surface area contributed by atoms with E-state index in [-0.39, 0.29) is 30.9 Å². The largest absolute Gasteiger partial charge is 0.395 e. The molecule has 0 spiro atoms. The molecule has 0 bridgehead atoms. The number of carbonyl (C=O) groups excluding carboxylic acids is 1. The average Bonchev–Trinajstić information content (AvgIpc) is 2.38. The SMILES string of the molecule is CCC(CC)N(CCO)C(=O)c1ccc(F)cc1Br. The number of rotatable bonds is 6. The summed E-state index contributed by atoms with van der Waals surface area (Å²) in [6.45, 7) is 4.22. The molecule has 1 N–H and O–H groups in total. The van der Waals surface area contributed by atoms with E-state index in [1.807, 2.05) is 13.8 Å². The summed E-state index contributed by atoms with van der Waals surface area (Å²) in [4.78, 5) is 14.1. The summed E-state index contributed by atoms with van der Waals surface area (Å²) in [5, 5.41) is 9.12. The van der Waals surface area contributed by atoms with E-state index in [4.69, 9.17) is 5.11 Å². The standard InChI is InChI=1S/C14H19BrFNO2/c1-3-11(4-2)17(7-8-18)14(19)12-6-5-10(16)9-13(12)15/h5-6,9,11,18H,3-4,7-8H2,1-2H3. The van der Waals surface area contributed by atoms with Crippen LogP contribution in [0, 0.1) is 5.82 Å². The van der Waals surface area contributed by atoms with Crippen LogP contribution >= 0.6 is 15.9 Å². The van der Waals surface area contributed by atoms with Crippen LogP contribution in [0.2, 0.25) is 0 Å². The summed E-state index contributed by atoms with van der Waals surface area (Å²) in [6, 6.07) is 4.09. The molecule has 5 heteroatoms. The van der Waals surface area contributed by atoms with Crippen molar-refractivity contribution in [1.82, 2.24) is 4.90 Å². The zero-order valence-corrected chi connectivity index (χ0v) is 12.8. The van der Waals surface area contributed by atoms with Crippen LogP contribution in [-0.2, 0) is 0 Å². The Hall–Kier alpha value is -0.940. The maximum Gasteiger partial charge on any atom is 0.255 e. The first kappa shape index (κ1) is 16.1. The lowest BCUT2D eigenvalue weighted by Crippen LogP contribution is -2.41. The molecule has 0 fully saturated rings. The Bertz CT molecular complexity index is 435. The van der Waals surface area contributed by atoms with Gasteiger partial charge in [0, 0.05) is 17.1 Å². The van der Waals surface area contributed by atoms with E-state index in [1.54, 1.807) is 4.90 Å². The van der Waals surface area contributed by atoms with Crippen molar-refractivity contribution in [1.29, 1.82) is 0 Å². The first-order valence-electron chi connectivity index (χ1n) is 6.42. The normalized spacial score (nSPS) is 10.8. The predicted octanol–water partition coefficient (Wildman–Crippen LogP) is 3.21. The van der Waals surface area contributed by atoms with Crippen molar-refractivity contribution < 1.29 is 14.3 Å². The van der Waals surface area contributed by atoms with E-state index in [2.05, 4.69) is 15.9 Å². The number of amides is 1. The van der Waals surface area contributed by atoms with E-state index < -0.39 is 0 Å². The maximum atomic E-state index is 13.1. The Kier molecular flexibility index (Phi) is 6.45. The van der Waals surface area contributed by atoms with Gasteiger partial charge in [0.15, 0.2) is 0 Å². The molecule has 0 unspecified atom stereocenters. The van der Waals surface area contributed by atoms with Gasteiger partial charge in [-0.15, -0.1) is 0 Å². The molecule has 106 valence electrons. The number of aliphatic hydroxyl groups excluding tert-OH is 1. The molecule has 0 atom stereocenters. The first-order chi connectivity index (χ1) is 9.04. The van der Waals surface area contributed by atoms with E-state index in [0.717, 1.165) is 12.8 Å². The van der Waals surface area contributed by atoms with Gasteiger partial charge >= 0.3 is 0 Å². The third-order valence-corrected chi connectivity index (χ3v) is 3.80. The van der Waals surface area contributed by atoms with Crippen molar-refractivity contribution in [2.24, 2.45) is 0 Å². The predicted molar refractivity (Wildman–Crippen MR) is 76.6 cm³/mol. The fourth-order valence-electron chi connectivity index (χ4n) is 2.10. The number of aliphatic hydroxyl groups is 1. The summed E-state index contributed by atoms with van der Waals surface area (Å²) in [5.74, 6) is -0.575. The van der Waals surface area contributed by atoms with Gasteiger partial charge in [-0.25, -0.2) is 4.39 Å². The second-order valence-electron chi connectivity index (χ2n) is 4.32. The number of carbonyl (C=O) groups is 1. The van der Waals surface area contributed by atoms with Crippen molar-refractivity contribution in [2.75, 3.05) is 13.2 Å². The van der Waals surface area contributed by atoms with Crippen LogP contribution in [0.4, 0.5) is 4.39 Å². The van der Waals surface area contributed by atoms with Crippen LogP contribution < -0.4 is 0 Å². The molecule has 0 heterocycles. The number of hydrogen-bond donors (Lipinski definition) is 1. The van der Waals surface area contributed by atoms with Gasteiger partial charge in [0.1, 0.15) is 5.82 Å². The molecule has 1 aromatic carbocycles. The van der Waals surface area contributed by atoms with Crippen LogP contribution in [0.1, 0.15) is 37.0 Å². The first-order valence-corrected chi connectivity index (χ1v) is 7.21. The van der Waals surface area contributed by atoms with Gasteiger partial charge in [-0.1, -0.05) is 13.8 Å². The van der Waals surface area contributed by atoms with E-state index in [0.29, 0.717) is 10.0 Å². The number of hydrogen-bond acceptors (Lipinski definition) is 2. The molecule has 0 aliphatic carbocycles. The van der Waals surface area contributed by atoms with Crippen molar-refractivity contribution in [3.05, 3.63) is 34.1 Å². The number of halogens is 2. The van der Waals surface area contributed by atoms with Crippen LogP contribution in [-0.4, -0.2) is 35.1 Å². The lowest BCUT2D eigenvalue weighted by Gasteiger charge is -2.30. The van der Waals surface area contributed by atoms with Crippen LogP contribution in [0.15, 0.2) is 22.7 Å². The highest BCUT2D eigenvalue weighted by molar-refractivity contribution is 9.10. The summed E-state index contributed by atoms with van der Waals surface area (Å²) >= 11 is 3.21. The lowest BCUT2D eigenvalue weighted by molar-refractivity contribution is 0.0621. The fraction of sp³-hybridized carbons (Fsp3) is 0.500. The minimum Gasteiger partial charge on any atom is -0.395 e. The molecular formula is C14H19BrFNO2. The molecule has 0 aliphatic rings. The molecular weight excluding hydrogens is 313 g/mol. The molecule has 19 heavy (non-hydrogen) atoms. The molecule has 0 aliphatic heterocycles. The smallest absolute Gasteiger partial charge is 0.255 e. The zero-order chi connectivity index (χ0) is 14.4. The highest BCUT2D eigenvalue weighted by Gasteiger charge is 2.23. The minimum atomic E-state index is -0.389. The van der Waals surface area contributed by atoms with Gasteiger partial charge in [-0.3, -0.25) is 4.79 Å². The van der Waals surface area contributed by atoms with E-state index in [1.165, 1.54) is 18.2 Å². The Morgan fingerprint density at radius 3 is 2.53 bits per heavy atom. The van der Waals surface area contributed by atoms with Crippen molar-refractivity contribution in [2.45, 2.75) is 32.7 Å². The van der Waals surface area contributed by atoms with Gasteiger partial charge in [-0.05, 0) is 47.0 Å². The zero-order valence-electron chi connectivity index (χ0n) is 11.2. The van der Waals surface area contributed by atoms with Crippen LogP contribution in [0.3, 0.4) is 0 Å². The summed E-state index contributed by atoms with van der Waals surface area (Å²) in [7, 11) is 0. The second-order valence-corrected chi connectivity index (χ2v) is 5.17.